The van der Waals surface area contributed by atoms with E-state index in [4.69, 9.17) is 17.3 Å². The Morgan fingerprint density at radius 1 is 1.78 bits per heavy atom. The number of rotatable bonds is 1. The van der Waals surface area contributed by atoms with E-state index in [2.05, 4.69) is 11.6 Å². The molecule has 4 heteroatoms. The van der Waals surface area contributed by atoms with Gasteiger partial charge in [0.05, 0.1) is 4.88 Å². The lowest BCUT2D eigenvalue weighted by Gasteiger charge is -1.81. The van der Waals surface area contributed by atoms with Gasteiger partial charge in [0.1, 0.15) is 0 Å². The molecule has 0 aliphatic carbocycles. The molecule has 0 aliphatic rings. The van der Waals surface area contributed by atoms with E-state index in [9.17, 15) is 0 Å². The summed E-state index contributed by atoms with van der Waals surface area (Å²) in [4.78, 5) is 3.27. The maximum atomic E-state index is 8.95. The number of H-pyrrole nitrogens is 1. The van der Waals surface area contributed by atoms with Gasteiger partial charge in [0.25, 0.3) is 0 Å². The first-order valence-electron chi connectivity index (χ1n) is 2.28. The van der Waals surface area contributed by atoms with E-state index >= 15 is 0 Å². The predicted octanol–water partition coefficient (Wildman–Crippen LogP) is 2.15. The van der Waals surface area contributed by atoms with Gasteiger partial charge in [-0.25, -0.2) is 0 Å². The van der Waals surface area contributed by atoms with E-state index in [0.29, 0.717) is 8.83 Å². The fourth-order valence-electron chi connectivity index (χ4n) is 0.470. The second kappa shape index (κ2) is 2.33. The molecule has 0 saturated carbocycles. The van der Waals surface area contributed by atoms with Crippen LogP contribution in [0.2, 0.25) is 0 Å². The summed E-state index contributed by atoms with van der Waals surface area (Å²) >= 11 is 6.05. The summed E-state index contributed by atoms with van der Waals surface area (Å²) in [6, 6.07) is 0. The molecule has 0 radical (unpaired) electrons. The molecule has 0 fully saturated rings. The number of aromatic hydroxyl groups is 1. The Hall–Kier alpha value is -0.610. The molecule has 0 atom stereocenters. The number of hydrogen-bond donors (Lipinski definition) is 2. The zero-order chi connectivity index (χ0) is 6.85. The van der Waals surface area contributed by atoms with Crippen molar-refractivity contribution in [3.63, 3.8) is 0 Å². The van der Waals surface area contributed by atoms with Crippen molar-refractivity contribution in [1.82, 2.24) is 4.98 Å². The molecule has 0 unspecified atom stereocenters. The van der Waals surface area contributed by atoms with Crippen molar-refractivity contribution in [2.24, 2.45) is 0 Å². The van der Waals surface area contributed by atoms with Crippen molar-refractivity contribution < 1.29 is 5.11 Å². The van der Waals surface area contributed by atoms with Gasteiger partial charge in [-0.2, -0.15) is 0 Å². The molecule has 1 aromatic rings. The van der Waals surface area contributed by atoms with Gasteiger partial charge in [-0.15, -0.1) is 11.3 Å². The standard InChI is InChI=1S/C5H5NOS2/c1-2-3-4(7)6-5(8)9-3/h2,7H,1H2,(H,6,8). The molecule has 48 valence electrons. The van der Waals surface area contributed by atoms with Crippen LogP contribution in [0.25, 0.3) is 6.08 Å². The van der Waals surface area contributed by atoms with Gasteiger partial charge in [0, 0.05) is 0 Å². The van der Waals surface area contributed by atoms with Gasteiger partial charge in [-0.05, 0) is 18.3 Å². The van der Waals surface area contributed by atoms with Crippen molar-refractivity contribution >= 4 is 29.6 Å². The van der Waals surface area contributed by atoms with Crippen molar-refractivity contribution in [3.05, 3.63) is 15.4 Å². The van der Waals surface area contributed by atoms with Gasteiger partial charge < -0.3 is 10.1 Å². The molecule has 2 nitrogen and oxygen atoms in total. The Labute approximate surface area is 61.5 Å². The molecule has 9 heavy (non-hydrogen) atoms. The third kappa shape index (κ3) is 1.20. The van der Waals surface area contributed by atoms with Crippen LogP contribution in [0, 0.1) is 3.95 Å². The quantitative estimate of drug-likeness (QED) is 0.616. The van der Waals surface area contributed by atoms with Crippen molar-refractivity contribution in [3.8, 4) is 5.88 Å². The number of thiazole rings is 1. The number of aromatic nitrogens is 1. The zero-order valence-corrected chi connectivity index (χ0v) is 6.18. The Kier molecular flexibility index (Phi) is 1.68. The Morgan fingerprint density at radius 3 is 2.67 bits per heavy atom. The fourth-order valence-corrected chi connectivity index (χ4v) is 1.41. The van der Waals surface area contributed by atoms with Crippen LogP contribution in [-0.4, -0.2) is 10.1 Å². The highest BCUT2D eigenvalue weighted by Gasteiger charge is 1.97. The molecule has 0 bridgehead atoms. The maximum Gasteiger partial charge on any atom is 0.207 e. The highest BCUT2D eigenvalue weighted by Crippen LogP contribution is 2.21. The summed E-state index contributed by atoms with van der Waals surface area (Å²) in [5.74, 6) is 0.111. The highest BCUT2D eigenvalue weighted by atomic mass is 32.1. The van der Waals surface area contributed by atoms with Gasteiger partial charge in [-0.3, -0.25) is 0 Å². The minimum absolute atomic E-state index is 0.111. The smallest absolute Gasteiger partial charge is 0.207 e. The topological polar surface area (TPSA) is 36.0 Å². The highest BCUT2D eigenvalue weighted by molar-refractivity contribution is 7.73. The van der Waals surface area contributed by atoms with E-state index in [1.165, 1.54) is 11.3 Å². The van der Waals surface area contributed by atoms with E-state index in [1.54, 1.807) is 6.08 Å². The largest absolute Gasteiger partial charge is 0.494 e. The molecule has 0 aliphatic heterocycles. The summed E-state index contributed by atoms with van der Waals surface area (Å²) < 4.78 is 0.572. The molecule has 2 N–H and O–H groups in total. The normalized spacial score (nSPS) is 9.33. The molecule has 0 spiro atoms. The molecular weight excluding hydrogens is 154 g/mol. The average molecular weight is 159 g/mol. The molecule has 1 rings (SSSR count). The van der Waals surface area contributed by atoms with Gasteiger partial charge in [-0.1, -0.05) is 6.58 Å². The van der Waals surface area contributed by atoms with Crippen LogP contribution in [-0.2, 0) is 0 Å². The summed E-state index contributed by atoms with van der Waals surface area (Å²) in [6.07, 6.45) is 1.56. The van der Waals surface area contributed by atoms with E-state index < -0.39 is 0 Å². The lowest BCUT2D eigenvalue weighted by atomic mass is 10.5. The molecule has 0 amide bonds. The Balaban J connectivity index is 3.31. The van der Waals surface area contributed by atoms with Crippen LogP contribution in [0.1, 0.15) is 4.88 Å². The monoisotopic (exact) mass is 159 g/mol. The van der Waals surface area contributed by atoms with Gasteiger partial charge in [0.15, 0.2) is 3.95 Å². The molecule has 0 aromatic carbocycles. The minimum atomic E-state index is 0.111. The van der Waals surface area contributed by atoms with Crippen LogP contribution in [0.3, 0.4) is 0 Å². The summed E-state index contributed by atoms with van der Waals surface area (Å²) in [7, 11) is 0. The summed E-state index contributed by atoms with van der Waals surface area (Å²) in [5, 5.41) is 8.95. The summed E-state index contributed by atoms with van der Waals surface area (Å²) in [5.41, 5.74) is 0. The number of nitrogens with one attached hydrogen (secondary N) is 1. The van der Waals surface area contributed by atoms with Crippen LogP contribution in [0.5, 0.6) is 5.88 Å². The van der Waals surface area contributed by atoms with Gasteiger partial charge >= 0.3 is 0 Å². The molecular formula is C5H5NOS2. The van der Waals surface area contributed by atoms with E-state index in [-0.39, 0.29) is 5.88 Å². The Bertz CT molecular complexity index is 273. The number of aromatic amines is 1. The van der Waals surface area contributed by atoms with Gasteiger partial charge in [0.2, 0.25) is 5.88 Å². The molecule has 1 aromatic heterocycles. The van der Waals surface area contributed by atoms with E-state index in [1.807, 2.05) is 0 Å². The first-order valence-corrected chi connectivity index (χ1v) is 3.51. The lowest BCUT2D eigenvalue weighted by Crippen LogP contribution is -1.62. The van der Waals surface area contributed by atoms with Crippen LogP contribution >= 0.6 is 23.6 Å². The second-order valence-electron chi connectivity index (χ2n) is 1.43. The van der Waals surface area contributed by atoms with Crippen molar-refractivity contribution in [2.75, 3.05) is 0 Å². The average Bonchev–Trinajstić information content (AvgIpc) is 2.10. The first-order chi connectivity index (χ1) is 4.24. The fraction of sp³-hybridized carbons (Fsp3) is 0. The minimum Gasteiger partial charge on any atom is -0.494 e. The maximum absolute atomic E-state index is 8.95. The molecule has 0 saturated heterocycles. The SMILES string of the molecule is C=Cc1sc(=S)[nH]c1O. The number of hydrogen-bond acceptors (Lipinski definition) is 3. The second-order valence-corrected chi connectivity index (χ2v) is 3.15. The van der Waals surface area contributed by atoms with Crippen molar-refractivity contribution in [1.29, 1.82) is 0 Å². The third-order valence-electron chi connectivity index (χ3n) is 0.842. The van der Waals surface area contributed by atoms with E-state index in [0.717, 1.165) is 0 Å². The molecule has 1 heterocycles. The van der Waals surface area contributed by atoms with Crippen LogP contribution < -0.4 is 0 Å². The Morgan fingerprint density at radius 2 is 2.44 bits per heavy atom. The zero-order valence-electron chi connectivity index (χ0n) is 4.55. The van der Waals surface area contributed by atoms with Crippen LogP contribution in [0.15, 0.2) is 6.58 Å². The lowest BCUT2D eigenvalue weighted by molar-refractivity contribution is 0.456. The van der Waals surface area contributed by atoms with Crippen LogP contribution in [0.4, 0.5) is 0 Å². The predicted molar refractivity (Wildman–Crippen MR) is 41.3 cm³/mol. The third-order valence-corrected chi connectivity index (χ3v) is 2.06. The van der Waals surface area contributed by atoms with Crippen molar-refractivity contribution in [2.45, 2.75) is 0 Å². The summed E-state index contributed by atoms with van der Waals surface area (Å²) in [6.45, 7) is 3.49. The first kappa shape index (κ1) is 6.51.